The summed E-state index contributed by atoms with van der Waals surface area (Å²) in [7, 11) is 0. The van der Waals surface area contributed by atoms with Gasteiger partial charge in [-0.1, -0.05) is 40.8 Å². The van der Waals surface area contributed by atoms with E-state index in [1.165, 1.54) is 23.3 Å². The molecular weight excluding hydrogens is 523 g/mol. The van der Waals surface area contributed by atoms with Gasteiger partial charge in [0.25, 0.3) is 0 Å². The molecule has 0 atom stereocenters. The van der Waals surface area contributed by atoms with Crippen molar-refractivity contribution in [2.75, 3.05) is 29.5 Å². The van der Waals surface area contributed by atoms with Gasteiger partial charge in [0.2, 0.25) is 11.8 Å². The molecule has 1 aromatic carbocycles. The SMILES string of the molecule is Cc1c(CI)cccc1-c1cc2nccn2c(NCCNc2ccc([N+](=O)[O-])c(N)n2)n1. The maximum Gasteiger partial charge on any atom is 0.311 e. The van der Waals surface area contributed by atoms with Gasteiger partial charge in [-0.25, -0.2) is 15.0 Å². The number of aromatic nitrogens is 4. The minimum Gasteiger partial charge on any atom is -0.378 e. The van der Waals surface area contributed by atoms with Crippen LogP contribution in [0.4, 0.5) is 23.3 Å². The Morgan fingerprint density at radius 2 is 2.00 bits per heavy atom. The minimum absolute atomic E-state index is 0.119. The van der Waals surface area contributed by atoms with E-state index in [1.54, 1.807) is 6.20 Å². The van der Waals surface area contributed by atoms with Crippen LogP contribution in [0.15, 0.2) is 48.8 Å². The van der Waals surface area contributed by atoms with Crippen molar-refractivity contribution in [1.82, 2.24) is 19.4 Å². The van der Waals surface area contributed by atoms with Crippen molar-refractivity contribution in [2.45, 2.75) is 11.4 Å². The van der Waals surface area contributed by atoms with Crippen LogP contribution in [0.3, 0.4) is 0 Å². The third kappa shape index (κ3) is 4.42. The first-order valence-electron chi connectivity index (χ1n) is 9.85. The van der Waals surface area contributed by atoms with Gasteiger partial charge < -0.3 is 16.4 Å². The molecule has 4 aromatic rings. The standard InChI is InChI=1S/C21H21IN8O2/c1-13-14(12-22)3-2-4-15(13)16-11-19-25-9-10-29(19)21(27-16)26-8-7-24-18-6-5-17(30(31)32)20(23)28-18/h2-6,9-11H,7-8,12H2,1H3,(H,26,27)(H3,23,24,28). The predicted octanol–water partition coefficient (Wildman–Crippen LogP) is 4.05. The van der Waals surface area contributed by atoms with Gasteiger partial charge in [0, 0.05) is 47.6 Å². The van der Waals surface area contributed by atoms with E-state index in [2.05, 4.69) is 62.2 Å². The Balaban J connectivity index is 1.51. The van der Waals surface area contributed by atoms with Crippen molar-refractivity contribution in [2.24, 2.45) is 0 Å². The second kappa shape index (κ2) is 9.34. The lowest BCUT2D eigenvalue weighted by molar-refractivity contribution is -0.384. The molecule has 4 N–H and O–H groups in total. The molecule has 0 aliphatic rings. The number of imidazole rings is 1. The van der Waals surface area contributed by atoms with Crippen LogP contribution in [-0.2, 0) is 4.43 Å². The van der Waals surface area contributed by atoms with Crippen molar-refractivity contribution in [3.63, 3.8) is 0 Å². The Morgan fingerprint density at radius 3 is 2.75 bits per heavy atom. The molecule has 3 heterocycles. The number of nitrogens with two attached hydrogens (primary N) is 1. The van der Waals surface area contributed by atoms with Crippen molar-refractivity contribution >= 4 is 51.5 Å². The average molecular weight is 544 g/mol. The van der Waals surface area contributed by atoms with Crippen LogP contribution in [-0.4, -0.2) is 37.4 Å². The maximum absolute atomic E-state index is 10.9. The molecule has 0 aliphatic carbocycles. The summed E-state index contributed by atoms with van der Waals surface area (Å²) in [5, 5.41) is 17.3. The fourth-order valence-corrected chi connectivity index (χ4v) is 4.20. The Morgan fingerprint density at radius 1 is 1.19 bits per heavy atom. The zero-order valence-corrected chi connectivity index (χ0v) is 19.4. The smallest absolute Gasteiger partial charge is 0.311 e. The van der Waals surface area contributed by atoms with Crippen LogP contribution >= 0.6 is 22.6 Å². The molecule has 0 saturated heterocycles. The molecule has 3 aromatic heterocycles. The van der Waals surface area contributed by atoms with Crippen molar-refractivity contribution in [1.29, 1.82) is 0 Å². The van der Waals surface area contributed by atoms with Crippen LogP contribution in [0.1, 0.15) is 11.1 Å². The zero-order valence-electron chi connectivity index (χ0n) is 17.2. The number of anilines is 3. The highest BCUT2D eigenvalue weighted by atomic mass is 127. The number of alkyl halides is 1. The molecule has 32 heavy (non-hydrogen) atoms. The Bertz CT molecular complexity index is 1290. The number of pyridine rings is 1. The maximum atomic E-state index is 10.9. The number of nitrogens with zero attached hydrogens (tertiary/aromatic N) is 5. The number of nitro groups is 1. The molecule has 0 radical (unpaired) electrons. The van der Waals surface area contributed by atoms with E-state index in [0.717, 1.165) is 21.3 Å². The third-order valence-corrected chi connectivity index (χ3v) is 5.89. The minimum atomic E-state index is -0.555. The van der Waals surface area contributed by atoms with Crippen LogP contribution in [0.5, 0.6) is 0 Å². The number of hydrogen-bond donors (Lipinski definition) is 3. The number of fused-ring (bicyclic) bond motifs is 1. The molecule has 10 nitrogen and oxygen atoms in total. The molecule has 164 valence electrons. The first-order valence-corrected chi connectivity index (χ1v) is 11.4. The highest BCUT2D eigenvalue weighted by molar-refractivity contribution is 14.1. The van der Waals surface area contributed by atoms with Crippen molar-refractivity contribution in [3.05, 3.63) is 70.0 Å². The molecular formula is C21H21IN8O2. The molecule has 0 aliphatic heterocycles. The van der Waals surface area contributed by atoms with E-state index in [1.807, 2.05) is 22.7 Å². The summed E-state index contributed by atoms with van der Waals surface area (Å²) in [6, 6.07) is 11.1. The summed E-state index contributed by atoms with van der Waals surface area (Å²) in [5.74, 6) is 1.02. The van der Waals surface area contributed by atoms with Gasteiger partial charge in [-0.2, -0.15) is 0 Å². The van der Waals surface area contributed by atoms with Crippen molar-refractivity contribution in [3.8, 4) is 11.3 Å². The molecule has 0 amide bonds. The lowest BCUT2D eigenvalue weighted by atomic mass is 10.0. The molecule has 0 saturated carbocycles. The summed E-state index contributed by atoms with van der Waals surface area (Å²) >= 11 is 2.37. The fourth-order valence-electron chi connectivity index (χ4n) is 3.38. The molecule has 0 unspecified atom stereocenters. The van der Waals surface area contributed by atoms with Gasteiger partial charge in [-0.15, -0.1) is 0 Å². The Kier molecular flexibility index (Phi) is 6.35. The van der Waals surface area contributed by atoms with E-state index in [-0.39, 0.29) is 11.5 Å². The Labute approximate surface area is 197 Å². The summed E-state index contributed by atoms with van der Waals surface area (Å²) < 4.78 is 2.82. The van der Waals surface area contributed by atoms with E-state index < -0.39 is 4.92 Å². The second-order valence-corrected chi connectivity index (χ2v) is 7.82. The van der Waals surface area contributed by atoms with Gasteiger partial charge in [0.15, 0.2) is 0 Å². The highest BCUT2D eigenvalue weighted by Gasteiger charge is 2.13. The van der Waals surface area contributed by atoms with Crippen LogP contribution in [0.2, 0.25) is 0 Å². The van der Waals surface area contributed by atoms with Gasteiger partial charge in [0.05, 0.1) is 10.6 Å². The monoisotopic (exact) mass is 544 g/mol. The van der Waals surface area contributed by atoms with E-state index >= 15 is 0 Å². The highest BCUT2D eigenvalue weighted by Crippen LogP contribution is 2.27. The predicted molar refractivity (Wildman–Crippen MR) is 133 cm³/mol. The van der Waals surface area contributed by atoms with Crippen LogP contribution in [0.25, 0.3) is 16.9 Å². The summed E-state index contributed by atoms with van der Waals surface area (Å²) in [6.07, 6.45) is 3.59. The Hall–Kier alpha value is -3.48. The summed E-state index contributed by atoms with van der Waals surface area (Å²) in [6.45, 7) is 3.16. The molecule has 4 rings (SSSR count). The number of halogens is 1. The number of rotatable bonds is 8. The summed E-state index contributed by atoms with van der Waals surface area (Å²) in [5.41, 5.74) is 10.7. The van der Waals surface area contributed by atoms with E-state index in [4.69, 9.17) is 10.7 Å². The van der Waals surface area contributed by atoms with Crippen LogP contribution in [0, 0.1) is 17.0 Å². The first-order chi connectivity index (χ1) is 15.5. The lowest BCUT2D eigenvalue weighted by Crippen LogP contribution is -2.17. The molecule has 11 heteroatoms. The van der Waals surface area contributed by atoms with E-state index in [0.29, 0.717) is 24.9 Å². The van der Waals surface area contributed by atoms with E-state index in [9.17, 15) is 10.1 Å². The second-order valence-electron chi connectivity index (χ2n) is 7.06. The van der Waals surface area contributed by atoms with Gasteiger partial charge in [-0.3, -0.25) is 14.5 Å². The lowest BCUT2D eigenvalue weighted by Gasteiger charge is -2.13. The first kappa shape index (κ1) is 21.7. The fraction of sp³-hybridized carbons (Fsp3) is 0.190. The number of benzene rings is 1. The summed E-state index contributed by atoms with van der Waals surface area (Å²) in [4.78, 5) is 23.6. The van der Waals surface area contributed by atoms with Gasteiger partial charge in [-0.05, 0) is 24.1 Å². The van der Waals surface area contributed by atoms with Gasteiger partial charge >= 0.3 is 5.69 Å². The van der Waals surface area contributed by atoms with Crippen LogP contribution < -0.4 is 16.4 Å². The number of hydrogen-bond acceptors (Lipinski definition) is 8. The largest absolute Gasteiger partial charge is 0.378 e. The normalized spacial score (nSPS) is 10.9. The zero-order chi connectivity index (χ0) is 22.7. The molecule has 0 fully saturated rings. The topological polar surface area (TPSA) is 136 Å². The molecule has 0 spiro atoms. The number of nitrogen functional groups attached to an aromatic ring is 1. The number of nitrogens with one attached hydrogen (secondary N) is 2. The molecule has 0 bridgehead atoms. The van der Waals surface area contributed by atoms with Crippen molar-refractivity contribution < 1.29 is 4.92 Å². The van der Waals surface area contributed by atoms with Gasteiger partial charge in [0.1, 0.15) is 11.5 Å². The quantitative estimate of drug-likeness (QED) is 0.0994. The third-order valence-electron chi connectivity index (χ3n) is 5.07. The average Bonchev–Trinajstić information content (AvgIpc) is 3.25.